The summed E-state index contributed by atoms with van der Waals surface area (Å²) >= 11 is 0. The van der Waals surface area contributed by atoms with E-state index in [-0.39, 0.29) is 23.2 Å². The summed E-state index contributed by atoms with van der Waals surface area (Å²) in [6, 6.07) is 4.88. The largest absolute Gasteiger partial charge is 0.507 e. The minimum absolute atomic E-state index is 0.140. The number of rotatable bonds is 6. The van der Waals surface area contributed by atoms with E-state index in [1.807, 2.05) is 4.57 Å². The molecule has 0 radical (unpaired) electrons. The molecule has 4 rings (SSSR count). The van der Waals surface area contributed by atoms with Gasteiger partial charge in [0.2, 0.25) is 0 Å². The topological polar surface area (TPSA) is 101 Å². The lowest BCUT2D eigenvalue weighted by Gasteiger charge is -2.25. The van der Waals surface area contributed by atoms with Crippen LogP contribution in [0, 0.1) is 19.7 Å². The number of nitrogens with zero attached hydrogens (tertiary/aromatic N) is 5. The number of aliphatic hydroxyl groups is 1. The molecule has 0 saturated carbocycles. The number of aryl methyl sites for hydroxylation is 3. The SMILES string of the molecule is Cc1ncc(/C(O)=C2\C(=O)C(=O)N(CCCn3ccnc3)[C@H]2c2ccccc2F)c(C)n1. The zero-order chi connectivity index (χ0) is 22.8. The lowest BCUT2D eigenvalue weighted by atomic mass is 9.95. The van der Waals surface area contributed by atoms with Gasteiger partial charge in [-0.15, -0.1) is 0 Å². The van der Waals surface area contributed by atoms with Gasteiger partial charge in [-0.05, 0) is 26.3 Å². The van der Waals surface area contributed by atoms with Crippen molar-refractivity contribution in [1.82, 2.24) is 24.4 Å². The van der Waals surface area contributed by atoms with Crippen LogP contribution >= 0.6 is 0 Å². The van der Waals surface area contributed by atoms with Gasteiger partial charge in [-0.3, -0.25) is 9.59 Å². The molecule has 1 aromatic carbocycles. The number of hydrogen-bond donors (Lipinski definition) is 1. The second kappa shape index (κ2) is 8.70. The van der Waals surface area contributed by atoms with Crippen LogP contribution in [0.2, 0.25) is 0 Å². The molecule has 3 aromatic rings. The predicted molar refractivity (Wildman–Crippen MR) is 114 cm³/mol. The van der Waals surface area contributed by atoms with Crippen LogP contribution in [0.1, 0.15) is 35.1 Å². The van der Waals surface area contributed by atoms with Gasteiger partial charge in [-0.25, -0.2) is 19.3 Å². The maximum absolute atomic E-state index is 14.8. The molecule has 0 bridgehead atoms. The van der Waals surface area contributed by atoms with Crippen LogP contribution in [0.15, 0.2) is 54.8 Å². The molecule has 2 aromatic heterocycles. The Hall–Kier alpha value is -3.88. The maximum Gasteiger partial charge on any atom is 0.295 e. The summed E-state index contributed by atoms with van der Waals surface area (Å²) in [5, 5.41) is 11.1. The Morgan fingerprint density at radius 1 is 1.19 bits per heavy atom. The zero-order valence-electron chi connectivity index (χ0n) is 17.7. The highest BCUT2D eigenvalue weighted by Gasteiger charge is 2.46. The van der Waals surface area contributed by atoms with Crippen molar-refractivity contribution in [2.24, 2.45) is 0 Å². The molecular formula is C23H22FN5O3. The number of imidazole rings is 1. The Kier molecular flexibility index (Phi) is 5.81. The van der Waals surface area contributed by atoms with E-state index in [0.717, 1.165) is 0 Å². The Morgan fingerprint density at radius 3 is 2.66 bits per heavy atom. The molecule has 0 aliphatic carbocycles. The van der Waals surface area contributed by atoms with Gasteiger partial charge < -0.3 is 14.6 Å². The molecular weight excluding hydrogens is 413 g/mol. The van der Waals surface area contributed by atoms with Gasteiger partial charge in [0.05, 0.1) is 29.2 Å². The smallest absolute Gasteiger partial charge is 0.295 e. The first kappa shape index (κ1) is 21.4. The average molecular weight is 435 g/mol. The molecule has 9 heteroatoms. The summed E-state index contributed by atoms with van der Waals surface area (Å²) in [6.45, 7) is 4.14. The minimum Gasteiger partial charge on any atom is -0.507 e. The van der Waals surface area contributed by atoms with Crippen molar-refractivity contribution in [2.45, 2.75) is 32.9 Å². The third-order valence-electron chi connectivity index (χ3n) is 5.47. The third-order valence-corrected chi connectivity index (χ3v) is 5.47. The van der Waals surface area contributed by atoms with Crippen molar-refractivity contribution >= 4 is 17.4 Å². The average Bonchev–Trinajstić information content (AvgIpc) is 3.36. The molecule has 1 aliphatic rings. The van der Waals surface area contributed by atoms with E-state index in [2.05, 4.69) is 15.0 Å². The highest BCUT2D eigenvalue weighted by Crippen LogP contribution is 2.40. The van der Waals surface area contributed by atoms with Gasteiger partial charge in [0.1, 0.15) is 17.4 Å². The van der Waals surface area contributed by atoms with Crippen LogP contribution < -0.4 is 0 Å². The number of carbonyl (C=O) groups excluding carboxylic acids is 2. The van der Waals surface area contributed by atoms with E-state index >= 15 is 0 Å². The minimum atomic E-state index is -1.06. The zero-order valence-corrected chi connectivity index (χ0v) is 17.7. The van der Waals surface area contributed by atoms with Gasteiger partial charge in [-0.1, -0.05) is 18.2 Å². The van der Waals surface area contributed by atoms with Crippen LogP contribution in [-0.2, 0) is 16.1 Å². The van der Waals surface area contributed by atoms with Gasteiger partial charge in [0.25, 0.3) is 11.7 Å². The Labute approximate surface area is 184 Å². The molecule has 32 heavy (non-hydrogen) atoms. The fourth-order valence-corrected chi connectivity index (χ4v) is 3.93. The number of Topliss-reactive ketones (excluding diaryl/α,β-unsaturated/α-hetero) is 1. The number of hydrogen-bond acceptors (Lipinski definition) is 6. The first-order valence-electron chi connectivity index (χ1n) is 10.2. The van der Waals surface area contributed by atoms with Gasteiger partial charge in [-0.2, -0.15) is 0 Å². The first-order valence-corrected chi connectivity index (χ1v) is 10.2. The summed E-state index contributed by atoms with van der Waals surface area (Å²) in [5.74, 6) is -2.12. The Morgan fingerprint density at radius 2 is 1.97 bits per heavy atom. The highest BCUT2D eigenvalue weighted by atomic mass is 19.1. The number of amides is 1. The summed E-state index contributed by atoms with van der Waals surface area (Å²) in [7, 11) is 0. The standard InChI is InChI=1S/C23H22FN5O3/c1-14-17(12-26-15(2)27-14)21(30)19-20(16-6-3-4-7-18(16)24)29(23(32)22(19)31)10-5-9-28-11-8-25-13-28/h3-4,6-8,11-13,20,30H,5,9-10H2,1-2H3/b21-19+/t20-/m0/s1. The summed E-state index contributed by atoms with van der Waals surface area (Å²) in [4.78, 5) is 39.6. The predicted octanol–water partition coefficient (Wildman–Crippen LogP) is 2.94. The van der Waals surface area contributed by atoms with E-state index < -0.39 is 29.3 Å². The van der Waals surface area contributed by atoms with E-state index in [4.69, 9.17) is 0 Å². The third kappa shape index (κ3) is 3.89. The number of ketones is 1. The molecule has 164 valence electrons. The summed E-state index contributed by atoms with van der Waals surface area (Å²) in [5.41, 5.74) is 0.654. The lowest BCUT2D eigenvalue weighted by molar-refractivity contribution is -0.140. The number of likely N-dealkylation sites (tertiary alicyclic amines) is 1. The fraction of sp³-hybridized carbons (Fsp3) is 0.261. The first-order chi connectivity index (χ1) is 15.4. The van der Waals surface area contributed by atoms with E-state index in [0.29, 0.717) is 24.5 Å². The summed E-state index contributed by atoms with van der Waals surface area (Å²) < 4.78 is 16.6. The molecule has 1 aliphatic heterocycles. The van der Waals surface area contributed by atoms with Crippen molar-refractivity contribution in [3.63, 3.8) is 0 Å². The number of benzene rings is 1. The van der Waals surface area contributed by atoms with Crippen molar-refractivity contribution in [1.29, 1.82) is 0 Å². The van der Waals surface area contributed by atoms with Crippen LogP contribution in [0.3, 0.4) is 0 Å². The van der Waals surface area contributed by atoms with Crippen LogP contribution in [0.4, 0.5) is 4.39 Å². The molecule has 1 saturated heterocycles. The van der Waals surface area contributed by atoms with Gasteiger partial charge in [0.15, 0.2) is 0 Å². The van der Waals surface area contributed by atoms with E-state index in [1.54, 1.807) is 38.6 Å². The van der Waals surface area contributed by atoms with Gasteiger partial charge in [0, 0.05) is 37.2 Å². The lowest BCUT2D eigenvalue weighted by Crippen LogP contribution is -2.31. The number of aromatic nitrogens is 4. The molecule has 0 unspecified atom stereocenters. The quantitative estimate of drug-likeness (QED) is 0.363. The maximum atomic E-state index is 14.8. The molecule has 1 fully saturated rings. The van der Waals surface area contributed by atoms with E-state index in [9.17, 15) is 19.1 Å². The highest BCUT2D eigenvalue weighted by molar-refractivity contribution is 6.46. The second-order valence-electron chi connectivity index (χ2n) is 7.58. The monoisotopic (exact) mass is 435 g/mol. The number of halogens is 1. The van der Waals surface area contributed by atoms with Gasteiger partial charge >= 0.3 is 0 Å². The number of carbonyl (C=O) groups is 2. The molecule has 8 nitrogen and oxygen atoms in total. The van der Waals surface area contributed by atoms with E-state index in [1.165, 1.54) is 29.3 Å². The molecule has 1 N–H and O–H groups in total. The molecule has 0 spiro atoms. The Balaban J connectivity index is 1.78. The van der Waals surface area contributed by atoms with Crippen molar-refractivity contribution in [3.05, 3.63) is 83.2 Å². The fourth-order valence-electron chi connectivity index (χ4n) is 3.93. The van der Waals surface area contributed by atoms with Crippen molar-refractivity contribution in [3.8, 4) is 0 Å². The molecule has 1 atom stereocenters. The van der Waals surface area contributed by atoms with Crippen LogP contribution in [-0.4, -0.2) is 47.8 Å². The molecule has 3 heterocycles. The summed E-state index contributed by atoms with van der Waals surface area (Å²) in [6.07, 6.45) is 7.02. The van der Waals surface area contributed by atoms with Crippen molar-refractivity contribution in [2.75, 3.05) is 6.54 Å². The Bertz CT molecular complexity index is 1210. The number of aliphatic hydroxyl groups excluding tert-OH is 1. The normalized spacial score (nSPS) is 17.8. The van der Waals surface area contributed by atoms with Crippen LogP contribution in [0.25, 0.3) is 5.76 Å². The second-order valence-corrected chi connectivity index (χ2v) is 7.58. The molecule has 1 amide bonds. The van der Waals surface area contributed by atoms with Crippen molar-refractivity contribution < 1.29 is 19.1 Å². The van der Waals surface area contributed by atoms with Crippen LogP contribution in [0.5, 0.6) is 0 Å².